The second-order valence-electron chi connectivity index (χ2n) is 4.34. The van der Waals surface area contributed by atoms with Crippen LogP contribution in [0.4, 0.5) is 8.78 Å². The molecular weight excluding hydrogens is 250 g/mol. The van der Waals surface area contributed by atoms with Crippen molar-refractivity contribution >= 4 is 5.97 Å². The number of carboxylic acids is 1. The highest BCUT2D eigenvalue weighted by Crippen LogP contribution is 2.24. The monoisotopic (exact) mass is 262 g/mol. The Hall–Kier alpha value is -2.23. The van der Waals surface area contributed by atoms with Crippen molar-refractivity contribution in [2.75, 3.05) is 0 Å². The second-order valence-corrected chi connectivity index (χ2v) is 4.34. The van der Waals surface area contributed by atoms with Gasteiger partial charge < -0.3 is 5.11 Å². The molecule has 0 radical (unpaired) electrons. The first-order valence-corrected chi connectivity index (χ1v) is 5.74. The van der Waals surface area contributed by atoms with Crippen LogP contribution in [0, 0.1) is 18.6 Å². The number of aliphatic carboxylic acids is 1. The minimum Gasteiger partial charge on any atom is -0.481 e. The fraction of sp³-hybridized carbons (Fsp3) is 0.133. The minimum absolute atomic E-state index is 0.0939. The molecule has 0 aliphatic heterocycles. The van der Waals surface area contributed by atoms with Gasteiger partial charge in [0, 0.05) is 0 Å². The standard InChI is InChI=1S/C15H12F2O2/c1-9-2-3-10(6-12(9)8-15(18)19)11-4-5-13(16)14(17)7-11/h2-7H,8H2,1H3,(H,18,19). The lowest BCUT2D eigenvalue weighted by molar-refractivity contribution is -0.136. The second kappa shape index (κ2) is 5.18. The van der Waals surface area contributed by atoms with Crippen LogP contribution in [-0.2, 0) is 11.2 Å². The maximum Gasteiger partial charge on any atom is 0.307 e. The van der Waals surface area contributed by atoms with Gasteiger partial charge in [-0.05, 0) is 41.3 Å². The van der Waals surface area contributed by atoms with Crippen molar-refractivity contribution in [1.82, 2.24) is 0 Å². The van der Waals surface area contributed by atoms with Gasteiger partial charge in [-0.15, -0.1) is 0 Å². The van der Waals surface area contributed by atoms with Crippen molar-refractivity contribution < 1.29 is 18.7 Å². The number of hydrogen-bond acceptors (Lipinski definition) is 1. The van der Waals surface area contributed by atoms with Gasteiger partial charge in [-0.3, -0.25) is 4.79 Å². The molecule has 0 fully saturated rings. The highest BCUT2D eigenvalue weighted by atomic mass is 19.2. The third-order valence-electron chi connectivity index (χ3n) is 2.94. The summed E-state index contributed by atoms with van der Waals surface area (Å²) in [5.41, 5.74) is 2.70. The smallest absolute Gasteiger partial charge is 0.307 e. The van der Waals surface area contributed by atoms with Gasteiger partial charge in [0.1, 0.15) is 0 Å². The molecule has 2 nitrogen and oxygen atoms in total. The molecule has 1 N–H and O–H groups in total. The normalized spacial score (nSPS) is 10.5. The number of benzene rings is 2. The molecule has 0 bridgehead atoms. The van der Waals surface area contributed by atoms with E-state index in [9.17, 15) is 13.6 Å². The number of carbonyl (C=O) groups is 1. The summed E-state index contributed by atoms with van der Waals surface area (Å²) in [4.78, 5) is 10.8. The Bertz CT molecular complexity index is 636. The average molecular weight is 262 g/mol. The first-order valence-electron chi connectivity index (χ1n) is 5.74. The van der Waals surface area contributed by atoms with E-state index in [1.54, 1.807) is 18.2 Å². The van der Waals surface area contributed by atoms with Crippen LogP contribution in [0.2, 0.25) is 0 Å². The van der Waals surface area contributed by atoms with Crippen LogP contribution in [0.25, 0.3) is 11.1 Å². The van der Waals surface area contributed by atoms with E-state index in [-0.39, 0.29) is 6.42 Å². The molecule has 0 aromatic heterocycles. The fourth-order valence-electron chi connectivity index (χ4n) is 1.88. The Labute approximate surface area is 109 Å². The molecule has 2 aromatic rings. The van der Waals surface area contributed by atoms with Crippen LogP contribution >= 0.6 is 0 Å². The van der Waals surface area contributed by atoms with Crippen molar-refractivity contribution in [3.63, 3.8) is 0 Å². The van der Waals surface area contributed by atoms with E-state index in [1.165, 1.54) is 6.07 Å². The number of halogens is 2. The Morgan fingerprint density at radius 3 is 2.32 bits per heavy atom. The molecule has 2 aromatic carbocycles. The van der Waals surface area contributed by atoms with E-state index in [1.807, 2.05) is 6.92 Å². The van der Waals surface area contributed by atoms with Crippen molar-refractivity contribution in [2.24, 2.45) is 0 Å². The molecule has 0 spiro atoms. The summed E-state index contributed by atoms with van der Waals surface area (Å²) < 4.78 is 26.1. The zero-order chi connectivity index (χ0) is 14.0. The van der Waals surface area contributed by atoms with Gasteiger partial charge in [-0.1, -0.05) is 24.3 Å². The maximum atomic E-state index is 13.2. The van der Waals surface area contributed by atoms with E-state index in [0.29, 0.717) is 16.7 Å². The molecule has 4 heteroatoms. The topological polar surface area (TPSA) is 37.3 Å². The Morgan fingerprint density at radius 2 is 1.68 bits per heavy atom. The van der Waals surface area contributed by atoms with E-state index >= 15 is 0 Å². The molecule has 0 saturated heterocycles. The molecule has 2 rings (SSSR count). The van der Waals surface area contributed by atoms with Gasteiger partial charge in [0.05, 0.1) is 6.42 Å². The average Bonchev–Trinajstić information content (AvgIpc) is 2.35. The van der Waals surface area contributed by atoms with E-state index in [4.69, 9.17) is 5.11 Å². The van der Waals surface area contributed by atoms with E-state index in [2.05, 4.69) is 0 Å². The fourth-order valence-corrected chi connectivity index (χ4v) is 1.88. The van der Waals surface area contributed by atoms with E-state index < -0.39 is 17.6 Å². The molecule has 0 saturated carbocycles. The molecular formula is C15H12F2O2. The van der Waals surface area contributed by atoms with Crippen LogP contribution < -0.4 is 0 Å². The summed E-state index contributed by atoms with van der Waals surface area (Å²) >= 11 is 0. The summed E-state index contributed by atoms with van der Waals surface area (Å²) in [5, 5.41) is 8.82. The number of carboxylic acid groups (broad SMARTS) is 1. The van der Waals surface area contributed by atoms with Crippen LogP contribution in [0.5, 0.6) is 0 Å². The predicted octanol–water partition coefficient (Wildman–Crippen LogP) is 3.57. The van der Waals surface area contributed by atoms with Gasteiger partial charge in [-0.25, -0.2) is 8.78 Å². The summed E-state index contributed by atoms with van der Waals surface area (Å²) in [6.45, 7) is 1.81. The Balaban J connectivity index is 2.44. The van der Waals surface area contributed by atoms with Crippen LogP contribution in [0.3, 0.4) is 0 Å². The highest BCUT2D eigenvalue weighted by Gasteiger charge is 2.08. The summed E-state index contributed by atoms with van der Waals surface area (Å²) in [6.07, 6.45) is -0.0939. The lowest BCUT2D eigenvalue weighted by Gasteiger charge is -2.08. The van der Waals surface area contributed by atoms with Crippen molar-refractivity contribution in [1.29, 1.82) is 0 Å². The molecule has 0 unspecified atom stereocenters. The first kappa shape index (κ1) is 13.2. The quantitative estimate of drug-likeness (QED) is 0.918. The minimum atomic E-state index is -0.925. The van der Waals surface area contributed by atoms with E-state index in [0.717, 1.165) is 17.7 Å². The van der Waals surface area contributed by atoms with Gasteiger partial charge in [-0.2, -0.15) is 0 Å². The van der Waals surface area contributed by atoms with Crippen molar-refractivity contribution in [3.8, 4) is 11.1 Å². The SMILES string of the molecule is Cc1ccc(-c2ccc(F)c(F)c2)cc1CC(=O)O. The number of hydrogen-bond donors (Lipinski definition) is 1. The Kier molecular flexibility index (Phi) is 3.60. The summed E-state index contributed by atoms with van der Waals surface area (Å²) in [6, 6.07) is 8.85. The number of aryl methyl sites for hydroxylation is 1. The largest absolute Gasteiger partial charge is 0.481 e. The van der Waals surface area contributed by atoms with Gasteiger partial charge in [0.25, 0.3) is 0 Å². The maximum absolute atomic E-state index is 13.2. The summed E-state index contributed by atoms with van der Waals surface area (Å²) in [7, 11) is 0. The van der Waals surface area contributed by atoms with Gasteiger partial charge in [0.2, 0.25) is 0 Å². The molecule has 0 aliphatic carbocycles. The van der Waals surface area contributed by atoms with Crippen molar-refractivity contribution in [2.45, 2.75) is 13.3 Å². The lowest BCUT2D eigenvalue weighted by Crippen LogP contribution is -2.02. The zero-order valence-corrected chi connectivity index (χ0v) is 10.3. The third-order valence-corrected chi connectivity index (χ3v) is 2.94. The molecule has 0 heterocycles. The van der Waals surface area contributed by atoms with Crippen LogP contribution in [0.15, 0.2) is 36.4 Å². The molecule has 0 atom stereocenters. The van der Waals surface area contributed by atoms with Crippen LogP contribution in [-0.4, -0.2) is 11.1 Å². The van der Waals surface area contributed by atoms with Gasteiger partial charge >= 0.3 is 5.97 Å². The molecule has 0 amide bonds. The first-order chi connectivity index (χ1) is 8.97. The third kappa shape index (κ3) is 2.96. The predicted molar refractivity (Wildman–Crippen MR) is 67.9 cm³/mol. The molecule has 0 aliphatic rings. The summed E-state index contributed by atoms with van der Waals surface area (Å²) in [5.74, 6) is -2.75. The van der Waals surface area contributed by atoms with Crippen molar-refractivity contribution in [3.05, 3.63) is 59.2 Å². The lowest BCUT2D eigenvalue weighted by atomic mass is 9.98. The Morgan fingerprint density at radius 1 is 1.05 bits per heavy atom. The number of rotatable bonds is 3. The highest BCUT2D eigenvalue weighted by molar-refractivity contribution is 5.73. The molecule has 19 heavy (non-hydrogen) atoms. The van der Waals surface area contributed by atoms with Gasteiger partial charge in [0.15, 0.2) is 11.6 Å². The van der Waals surface area contributed by atoms with Crippen LogP contribution in [0.1, 0.15) is 11.1 Å². The molecule has 98 valence electrons. The zero-order valence-electron chi connectivity index (χ0n) is 10.3.